The summed E-state index contributed by atoms with van der Waals surface area (Å²) in [4.78, 5) is 11.9. The zero-order valence-electron chi connectivity index (χ0n) is 10.0. The third-order valence-electron chi connectivity index (χ3n) is 2.86. The first kappa shape index (κ1) is 11.4. The Morgan fingerprint density at radius 3 is 2.42 bits per heavy atom. The minimum absolute atomic E-state index is 0.0787. The molecule has 0 aliphatic rings. The van der Waals surface area contributed by atoms with E-state index in [-0.39, 0.29) is 5.75 Å². The largest absolute Gasteiger partial charge is 0.506 e. The maximum Gasteiger partial charge on any atom is 0.143 e. The minimum Gasteiger partial charge on any atom is -0.506 e. The molecule has 19 heavy (non-hydrogen) atoms. The lowest BCUT2D eigenvalue weighted by Gasteiger charge is -2.04. The van der Waals surface area contributed by atoms with Crippen molar-refractivity contribution in [3.8, 4) is 11.4 Å². The Balaban J connectivity index is 2.14. The number of rotatable bonds is 3. The molecule has 0 bridgehead atoms. The molecule has 0 radical (unpaired) electrons. The molecule has 1 aromatic heterocycles. The smallest absolute Gasteiger partial charge is 0.143 e. The molecule has 0 fully saturated rings. The second kappa shape index (κ2) is 4.53. The van der Waals surface area contributed by atoms with Crippen molar-refractivity contribution in [3.05, 3.63) is 48.0 Å². The van der Waals surface area contributed by atoms with Gasteiger partial charge in [0.1, 0.15) is 28.8 Å². The monoisotopic (exact) mass is 253 g/mol. The van der Waals surface area contributed by atoms with Crippen molar-refractivity contribution in [1.29, 1.82) is 0 Å². The summed E-state index contributed by atoms with van der Waals surface area (Å²) in [5.74, 6) is 0.0787. The van der Waals surface area contributed by atoms with Crippen LogP contribution in [0.5, 0.6) is 5.75 Å². The highest BCUT2D eigenvalue weighted by Gasteiger charge is 2.09. The number of carbonyl (C=O) groups is 1. The molecule has 5 nitrogen and oxygen atoms in total. The van der Waals surface area contributed by atoms with Crippen molar-refractivity contribution in [3.63, 3.8) is 0 Å². The Morgan fingerprint density at radius 1 is 1.11 bits per heavy atom. The zero-order valence-corrected chi connectivity index (χ0v) is 10.0. The highest BCUT2D eigenvalue weighted by molar-refractivity contribution is 5.73. The zero-order chi connectivity index (χ0) is 13.2. The lowest BCUT2D eigenvalue weighted by Crippen LogP contribution is -2.00. The molecular weight excluding hydrogens is 242 g/mol. The van der Waals surface area contributed by atoms with Crippen LogP contribution in [-0.4, -0.2) is 26.4 Å². The van der Waals surface area contributed by atoms with E-state index < -0.39 is 0 Å². The number of aromatic hydroxyl groups is 1. The van der Waals surface area contributed by atoms with Gasteiger partial charge in [-0.3, -0.25) is 0 Å². The van der Waals surface area contributed by atoms with Crippen molar-refractivity contribution in [1.82, 2.24) is 15.0 Å². The lowest BCUT2D eigenvalue weighted by atomic mass is 10.1. The van der Waals surface area contributed by atoms with Gasteiger partial charge < -0.3 is 9.90 Å². The van der Waals surface area contributed by atoms with E-state index in [0.717, 1.165) is 22.9 Å². The summed E-state index contributed by atoms with van der Waals surface area (Å²) >= 11 is 0. The van der Waals surface area contributed by atoms with Crippen molar-refractivity contribution >= 4 is 17.3 Å². The molecule has 94 valence electrons. The highest BCUT2D eigenvalue weighted by atomic mass is 16.3. The molecule has 5 heteroatoms. The predicted octanol–water partition coefficient (Wildman–Crippen LogP) is 1.87. The van der Waals surface area contributed by atoms with Crippen molar-refractivity contribution in [2.75, 3.05) is 0 Å². The van der Waals surface area contributed by atoms with Gasteiger partial charge in [0.25, 0.3) is 0 Å². The fourth-order valence-electron chi connectivity index (χ4n) is 1.92. The van der Waals surface area contributed by atoms with Crippen LogP contribution in [0.1, 0.15) is 5.56 Å². The highest BCUT2D eigenvalue weighted by Crippen LogP contribution is 2.23. The first-order valence-corrected chi connectivity index (χ1v) is 5.86. The van der Waals surface area contributed by atoms with Gasteiger partial charge in [-0.2, -0.15) is 0 Å². The summed E-state index contributed by atoms with van der Waals surface area (Å²) in [5.41, 5.74) is 2.78. The van der Waals surface area contributed by atoms with Crippen molar-refractivity contribution in [2.24, 2.45) is 0 Å². The summed E-state index contributed by atoms with van der Waals surface area (Å²) in [6, 6.07) is 12.4. The standard InChI is InChI=1S/C14H11N3O2/c18-8-7-10-5-6-14(19)13(9-10)17-15-11-3-1-2-4-12(11)16-17/h1-6,8-9,19H,7H2. The van der Waals surface area contributed by atoms with Crippen molar-refractivity contribution < 1.29 is 9.90 Å². The number of hydrogen-bond acceptors (Lipinski definition) is 4. The van der Waals surface area contributed by atoms with Crippen LogP contribution in [0.3, 0.4) is 0 Å². The molecule has 0 saturated carbocycles. The van der Waals surface area contributed by atoms with Crippen LogP contribution in [0, 0.1) is 0 Å². The second-order valence-corrected chi connectivity index (χ2v) is 4.17. The summed E-state index contributed by atoms with van der Waals surface area (Å²) in [7, 11) is 0. The molecule has 0 saturated heterocycles. The van der Waals surface area contributed by atoms with E-state index in [9.17, 15) is 9.90 Å². The quantitative estimate of drug-likeness (QED) is 0.723. The molecule has 0 unspecified atom stereocenters. The van der Waals surface area contributed by atoms with Crippen LogP contribution in [0.2, 0.25) is 0 Å². The third kappa shape index (κ3) is 2.06. The van der Waals surface area contributed by atoms with Crippen LogP contribution in [-0.2, 0) is 11.2 Å². The molecule has 1 heterocycles. The molecule has 3 aromatic rings. The van der Waals surface area contributed by atoms with Gasteiger partial charge in [-0.05, 0) is 29.8 Å². The van der Waals surface area contributed by atoms with E-state index in [4.69, 9.17) is 0 Å². The van der Waals surface area contributed by atoms with Crippen molar-refractivity contribution in [2.45, 2.75) is 6.42 Å². The van der Waals surface area contributed by atoms with Crippen LogP contribution in [0.25, 0.3) is 16.7 Å². The van der Waals surface area contributed by atoms with E-state index in [0.29, 0.717) is 12.1 Å². The van der Waals surface area contributed by atoms with E-state index in [2.05, 4.69) is 10.2 Å². The molecule has 0 atom stereocenters. The van der Waals surface area contributed by atoms with E-state index >= 15 is 0 Å². The molecule has 3 rings (SSSR count). The topological polar surface area (TPSA) is 68.0 Å². The fourth-order valence-corrected chi connectivity index (χ4v) is 1.92. The Bertz CT molecular complexity index is 716. The van der Waals surface area contributed by atoms with Gasteiger partial charge in [-0.25, -0.2) is 0 Å². The van der Waals surface area contributed by atoms with Gasteiger partial charge in [-0.15, -0.1) is 15.0 Å². The van der Waals surface area contributed by atoms with Crippen LogP contribution in [0.4, 0.5) is 0 Å². The molecule has 0 amide bonds. The number of hydrogen-bond donors (Lipinski definition) is 1. The second-order valence-electron chi connectivity index (χ2n) is 4.17. The lowest BCUT2D eigenvalue weighted by molar-refractivity contribution is -0.107. The third-order valence-corrected chi connectivity index (χ3v) is 2.86. The van der Waals surface area contributed by atoms with Gasteiger partial charge in [0.05, 0.1) is 0 Å². The molecule has 2 aromatic carbocycles. The number of fused-ring (bicyclic) bond motifs is 1. The Kier molecular flexibility index (Phi) is 2.72. The molecule has 1 N–H and O–H groups in total. The predicted molar refractivity (Wildman–Crippen MR) is 70.3 cm³/mol. The number of phenolic OH excluding ortho intramolecular Hbond substituents is 1. The molecule has 0 aliphatic heterocycles. The average Bonchev–Trinajstić information content (AvgIpc) is 2.85. The van der Waals surface area contributed by atoms with Crippen LogP contribution in [0.15, 0.2) is 42.5 Å². The summed E-state index contributed by atoms with van der Waals surface area (Å²) in [5, 5.41) is 18.5. The maximum atomic E-state index is 10.5. The summed E-state index contributed by atoms with van der Waals surface area (Å²) in [6.07, 6.45) is 1.12. The summed E-state index contributed by atoms with van der Waals surface area (Å²) < 4.78 is 0. The number of aromatic nitrogens is 3. The number of aldehydes is 1. The Labute approximate surface area is 109 Å². The van der Waals surface area contributed by atoms with Crippen LogP contribution >= 0.6 is 0 Å². The SMILES string of the molecule is O=CCc1ccc(O)c(-n2nc3ccccc3n2)c1. The first-order valence-electron chi connectivity index (χ1n) is 5.86. The van der Waals surface area contributed by atoms with Gasteiger partial charge in [0, 0.05) is 6.42 Å². The van der Waals surface area contributed by atoms with Gasteiger partial charge in [-0.1, -0.05) is 18.2 Å². The molecule has 0 aliphatic carbocycles. The first-order chi connectivity index (χ1) is 9.28. The Hall–Kier alpha value is -2.69. The normalized spacial score (nSPS) is 10.7. The Morgan fingerprint density at radius 2 is 1.79 bits per heavy atom. The molecular formula is C14H11N3O2. The maximum absolute atomic E-state index is 10.5. The number of carbonyl (C=O) groups excluding carboxylic acids is 1. The molecule has 0 spiro atoms. The minimum atomic E-state index is 0.0787. The van der Waals surface area contributed by atoms with E-state index in [1.807, 2.05) is 24.3 Å². The number of benzene rings is 2. The number of nitrogens with zero attached hydrogens (tertiary/aromatic N) is 3. The van der Waals surface area contributed by atoms with Gasteiger partial charge in [0.15, 0.2) is 0 Å². The summed E-state index contributed by atoms with van der Waals surface area (Å²) in [6.45, 7) is 0. The fraction of sp³-hybridized carbons (Fsp3) is 0.0714. The van der Waals surface area contributed by atoms with Gasteiger partial charge >= 0.3 is 0 Å². The average molecular weight is 253 g/mol. The van der Waals surface area contributed by atoms with Crippen LogP contribution < -0.4 is 0 Å². The van der Waals surface area contributed by atoms with E-state index in [1.165, 1.54) is 4.80 Å². The number of phenols is 1. The van der Waals surface area contributed by atoms with E-state index in [1.54, 1.807) is 18.2 Å². The van der Waals surface area contributed by atoms with Gasteiger partial charge in [0.2, 0.25) is 0 Å².